The minimum atomic E-state index is 0.597. The van der Waals surface area contributed by atoms with Crippen molar-refractivity contribution in [3.63, 3.8) is 0 Å². The summed E-state index contributed by atoms with van der Waals surface area (Å²) in [5, 5.41) is 3.27. The Hall–Kier alpha value is -0.860. The van der Waals surface area contributed by atoms with Gasteiger partial charge in [0.05, 0.1) is 0 Å². The van der Waals surface area contributed by atoms with Gasteiger partial charge in [0.1, 0.15) is 0 Å². The molecule has 1 aromatic rings. The molecule has 1 N–H and O–H groups in total. The molecule has 2 nitrogen and oxygen atoms in total. The Morgan fingerprint density at radius 3 is 2.75 bits per heavy atom. The van der Waals surface area contributed by atoms with E-state index in [0.717, 1.165) is 13.1 Å². The van der Waals surface area contributed by atoms with Crippen molar-refractivity contribution in [1.82, 2.24) is 10.2 Å². The van der Waals surface area contributed by atoms with Crippen molar-refractivity contribution in [2.24, 2.45) is 0 Å². The summed E-state index contributed by atoms with van der Waals surface area (Å²) in [7, 11) is 4.20. The quantitative estimate of drug-likeness (QED) is 0.792. The van der Waals surface area contributed by atoms with E-state index in [2.05, 4.69) is 55.4 Å². The normalized spacial score (nSPS) is 13.1. The average Bonchev–Trinajstić information content (AvgIpc) is 2.26. The van der Waals surface area contributed by atoms with Crippen LogP contribution in [0.1, 0.15) is 24.5 Å². The molecule has 0 aliphatic rings. The molecule has 1 rings (SSSR count). The van der Waals surface area contributed by atoms with Gasteiger partial charge in [0.2, 0.25) is 0 Å². The molecule has 0 saturated carbocycles. The first-order valence-electron chi connectivity index (χ1n) is 6.03. The molecule has 1 aromatic carbocycles. The summed E-state index contributed by atoms with van der Waals surface area (Å²) >= 11 is 0. The van der Waals surface area contributed by atoms with Crippen molar-refractivity contribution in [2.75, 3.05) is 20.6 Å². The zero-order valence-corrected chi connectivity index (χ0v) is 11.0. The second kappa shape index (κ2) is 6.66. The minimum Gasteiger partial charge on any atom is -0.317 e. The summed E-state index contributed by atoms with van der Waals surface area (Å²) in [6.07, 6.45) is 1.19. The first kappa shape index (κ1) is 13.2. The van der Waals surface area contributed by atoms with Gasteiger partial charge in [0.15, 0.2) is 0 Å². The number of rotatable bonds is 6. The van der Waals surface area contributed by atoms with Crippen LogP contribution in [0.25, 0.3) is 0 Å². The van der Waals surface area contributed by atoms with Gasteiger partial charge in [-0.25, -0.2) is 0 Å². The molecule has 0 saturated heterocycles. The third-order valence-electron chi connectivity index (χ3n) is 2.97. The molecular weight excluding hydrogens is 196 g/mol. The van der Waals surface area contributed by atoms with Gasteiger partial charge in [0.25, 0.3) is 0 Å². The van der Waals surface area contributed by atoms with Crippen molar-refractivity contribution >= 4 is 0 Å². The van der Waals surface area contributed by atoms with Gasteiger partial charge in [-0.2, -0.15) is 0 Å². The largest absolute Gasteiger partial charge is 0.317 e. The van der Waals surface area contributed by atoms with Gasteiger partial charge in [-0.3, -0.25) is 0 Å². The van der Waals surface area contributed by atoms with Crippen molar-refractivity contribution in [2.45, 2.75) is 32.9 Å². The monoisotopic (exact) mass is 220 g/mol. The summed E-state index contributed by atoms with van der Waals surface area (Å²) in [4.78, 5) is 2.38. The molecule has 0 aromatic heterocycles. The van der Waals surface area contributed by atoms with Crippen LogP contribution in [-0.4, -0.2) is 31.6 Å². The van der Waals surface area contributed by atoms with E-state index in [1.54, 1.807) is 0 Å². The Morgan fingerprint density at radius 1 is 1.38 bits per heavy atom. The molecule has 0 heterocycles. The topological polar surface area (TPSA) is 15.3 Å². The molecule has 16 heavy (non-hydrogen) atoms. The van der Waals surface area contributed by atoms with E-state index in [1.165, 1.54) is 17.5 Å². The van der Waals surface area contributed by atoms with E-state index in [1.807, 2.05) is 7.05 Å². The van der Waals surface area contributed by atoms with Crippen LogP contribution in [-0.2, 0) is 6.54 Å². The summed E-state index contributed by atoms with van der Waals surface area (Å²) in [5.74, 6) is 0. The Morgan fingerprint density at radius 2 is 2.12 bits per heavy atom. The highest BCUT2D eigenvalue weighted by Crippen LogP contribution is 2.07. The summed E-state index contributed by atoms with van der Waals surface area (Å²) in [5.41, 5.74) is 2.74. The predicted octanol–water partition coefficient (Wildman–Crippen LogP) is 2.42. The lowest BCUT2D eigenvalue weighted by Gasteiger charge is -2.19. The Kier molecular flexibility index (Phi) is 5.50. The van der Waals surface area contributed by atoms with Gasteiger partial charge >= 0.3 is 0 Å². The van der Waals surface area contributed by atoms with Gasteiger partial charge in [-0.05, 0) is 46.5 Å². The second-order valence-corrected chi connectivity index (χ2v) is 4.71. The fourth-order valence-corrected chi connectivity index (χ4v) is 1.76. The molecule has 0 bridgehead atoms. The van der Waals surface area contributed by atoms with Gasteiger partial charge in [0, 0.05) is 12.6 Å². The van der Waals surface area contributed by atoms with E-state index in [0.29, 0.717) is 6.04 Å². The summed E-state index contributed by atoms with van der Waals surface area (Å²) in [6.45, 7) is 6.54. The van der Waals surface area contributed by atoms with Gasteiger partial charge in [-0.1, -0.05) is 29.8 Å². The maximum atomic E-state index is 3.27. The van der Waals surface area contributed by atoms with E-state index < -0.39 is 0 Å². The van der Waals surface area contributed by atoms with Crippen LogP contribution in [0.5, 0.6) is 0 Å². The Labute approximate surface area is 99.7 Å². The fourth-order valence-electron chi connectivity index (χ4n) is 1.76. The second-order valence-electron chi connectivity index (χ2n) is 4.71. The van der Waals surface area contributed by atoms with Crippen molar-refractivity contribution < 1.29 is 0 Å². The van der Waals surface area contributed by atoms with Gasteiger partial charge < -0.3 is 10.2 Å². The molecule has 1 unspecified atom stereocenters. The van der Waals surface area contributed by atoms with Crippen molar-refractivity contribution in [3.8, 4) is 0 Å². The fraction of sp³-hybridized carbons (Fsp3) is 0.571. The molecule has 0 amide bonds. The Bertz CT molecular complexity index is 309. The number of hydrogen-bond donors (Lipinski definition) is 1. The number of aryl methyl sites for hydroxylation is 1. The predicted molar refractivity (Wildman–Crippen MR) is 70.7 cm³/mol. The third kappa shape index (κ3) is 4.77. The first-order valence-corrected chi connectivity index (χ1v) is 6.03. The molecule has 0 radical (unpaired) electrons. The highest BCUT2D eigenvalue weighted by atomic mass is 15.1. The highest BCUT2D eigenvalue weighted by molar-refractivity contribution is 5.21. The lowest BCUT2D eigenvalue weighted by atomic mass is 10.1. The smallest absolute Gasteiger partial charge is 0.0230 e. The summed E-state index contributed by atoms with van der Waals surface area (Å²) < 4.78 is 0. The van der Waals surface area contributed by atoms with Crippen LogP contribution in [0.4, 0.5) is 0 Å². The van der Waals surface area contributed by atoms with Gasteiger partial charge in [-0.15, -0.1) is 0 Å². The maximum absolute atomic E-state index is 3.27. The van der Waals surface area contributed by atoms with E-state index in [9.17, 15) is 0 Å². The molecule has 0 aliphatic carbocycles. The highest BCUT2D eigenvalue weighted by Gasteiger charge is 2.03. The van der Waals surface area contributed by atoms with Crippen LogP contribution in [0.2, 0.25) is 0 Å². The number of hydrogen-bond acceptors (Lipinski definition) is 2. The Balaban J connectivity index is 2.36. The third-order valence-corrected chi connectivity index (χ3v) is 2.97. The van der Waals surface area contributed by atoms with Crippen molar-refractivity contribution in [1.29, 1.82) is 0 Å². The number of benzene rings is 1. The van der Waals surface area contributed by atoms with Crippen molar-refractivity contribution in [3.05, 3.63) is 35.4 Å². The van der Waals surface area contributed by atoms with Crippen LogP contribution in [0.15, 0.2) is 24.3 Å². The SMILES string of the molecule is CNC(C)CCN(C)Cc1cccc(C)c1. The lowest BCUT2D eigenvalue weighted by molar-refractivity contribution is 0.307. The summed E-state index contributed by atoms with van der Waals surface area (Å²) in [6, 6.07) is 9.34. The first-order chi connectivity index (χ1) is 7.61. The van der Waals surface area contributed by atoms with Crippen LogP contribution in [0.3, 0.4) is 0 Å². The molecular formula is C14H24N2. The maximum Gasteiger partial charge on any atom is 0.0230 e. The number of nitrogens with one attached hydrogen (secondary N) is 1. The standard InChI is InChI=1S/C14H24N2/c1-12-6-5-7-14(10-12)11-16(4)9-8-13(2)15-3/h5-7,10,13,15H,8-9,11H2,1-4H3. The zero-order chi connectivity index (χ0) is 12.0. The average molecular weight is 220 g/mol. The van der Waals surface area contributed by atoms with Crippen LogP contribution in [0, 0.1) is 6.92 Å². The zero-order valence-electron chi connectivity index (χ0n) is 11.0. The molecule has 0 fully saturated rings. The molecule has 0 spiro atoms. The van der Waals surface area contributed by atoms with Crippen LogP contribution < -0.4 is 5.32 Å². The van der Waals surface area contributed by atoms with Crippen LogP contribution >= 0.6 is 0 Å². The van der Waals surface area contributed by atoms with E-state index >= 15 is 0 Å². The molecule has 90 valence electrons. The molecule has 0 aliphatic heterocycles. The number of nitrogens with zero attached hydrogens (tertiary/aromatic N) is 1. The van der Waals surface area contributed by atoms with E-state index in [4.69, 9.17) is 0 Å². The molecule has 1 atom stereocenters. The lowest BCUT2D eigenvalue weighted by Crippen LogP contribution is -2.28. The molecule has 2 heteroatoms. The minimum absolute atomic E-state index is 0.597. The van der Waals surface area contributed by atoms with E-state index in [-0.39, 0.29) is 0 Å².